The Morgan fingerprint density at radius 1 is 1.23 bits per heavy atom. The molecule has 1 aliphatic heterocycles. The molecule has 3 N–H and O–H groups in total. The Hall–Kier alpha value is -1.75. The van der Waals surface area contributed by atoms with Gasteiger partial charge in [-0.15, -0.1) is 0 Å². The molecule has 0 radical (unpaired) electrons. The Labute approximate surface area is 133 Å². The SMILES string of the molecule is COc1ccc(NC(N)=NCC(C)(C)N2CCCCC2)cc1. The van der Waals surface area contributed by atoms with Gasteiger partial charge in [0, 0.05) is 11.2 Å². The number of nitrogens with one attached hydrogen (secondary N) is 1. The second kappa shape index (κ2) is 7.49. The predicted molar refractivity (Wildman–Crippen MR) is 92.6 cm³/mol. The summed E-state index contributed by atoms with van der Waals surface area (Å²) in [5, 5.41) is 3.12. The van der Waals surface area contributed by atoms with Crippen LogP contribution in [0.4, 0.5) is 5.69 Å². The number of rotatable bonds is 5. The zero-order chi connectivity index (χ0) is 16.0. The Bertz CT molecular complexity index is 490. The highest BCUT2D eigenvalue weighted by Crippen LogP contribution is 2.21. The molecule has 2 rings (SSSR count). The van der Waals surface area contributed by atoms with Crippen molar-refractivity contribution in [2.24, 2.45) is 10.7 Å². The van der Waals surface area contributed by atoms with Gasteiger partial charge in [0.25, 0.3) is 0 Å². The molecule has 0 unspecified atom stereocenters. The summed E-state index contributed by atoms with van der Waals surface area (Å²) in [6, 6.07) is 7.65. The van der Waals surface area contributed by atoms with Crippen LogP contribution in [-0.4, -0.2) is 43.1 Å². The predicted octanol–water partition coefficient (Wildman–Crippen LogP) is 2.69. The van der Waals surface area contributed by atoms with Crippen molar-refractivity contribution in [3.05, 3.63) is 24.3 Å². The largest absolute Gasteiger partial charge is 0.497 e. The first-order valence-electron chi connectivity index (χ1n) is 7.97. The number of anilines is 1. The third-order valence-electron chi connectivity index (χ3n) is 4.21. The van der Waals surface area contributed by atoms with Crippen LogP contribution in [0, 0.1) is 0 Å². The van der Waals surface area contributed by atoms with Crippen LogP contribution in [0.1, 0.15) is 33.1 Å². The lowest BCUT2D eigenvalue weighted by Gasteiger charge is -2.40. The van der Waals surface area contributed by atoms with Crippen LogP contribution < -0.4 is 15.8 Å². The van der Waals surface area contributed by atoms with Crippen molar-refractivity contribution in [3.63, 3.8) is 0 Å². The number of aliphatic imine (C=N–C) groups is 1. The number of hydrogen-bond acceptors (Lipinski definition) is 3. The Balaban J connectivity index is 1.90. The van der Waals surface area contributed by atoms with E-state index in [9.17, 15) is 0 Å². The summed E-state index contributed by atoms with van der Waals surface area (Å²) in [5.74, 6) is 1.28. The van der Waals surface area contributed by atoms with Crippen LogP contribution in [0.15, 0.2) is 29.3 Å². The van der Waals surface area contributed by atoms with Crippen molar-refractivity contribution in [2.75, 3.05) is 32.1 Å². The number of likely N-dealkylation sites (tertiary alicyclic amines) is 1. The van der Waals surface area contributed by atoms with Crippen LogP contribution in [-0.2, 0) is 0 Å². The molecule has 0 aromatic heterocycles. The van der Waals surface area contributed by atoms with E-state index < -0.39 is 0 Å². The maximum atomic E-state index is 6.00. The fraction of sp³-hybridized carbons (Fsp3) is 0.588. The number of nitrogens with two attached hydrogens (primary N) is 1. The maximum Gasteiger partial charge on any atom is 0.193 e. The van der Waals surface area contributed by atoms with Crippen LogP contribution in [0.2, 0.25) is 0 Å². The number of piperidine rings is 1. The number of hydrogen-bond donors (Lipinski definition) is 2. The van der Waals surface area contributed by atoms with Crippen molar-refractivity contribution in [3.8, 4) is 5.75 Å². The zero-order valence-corrected chi connectivity index (χ0v) is 13.9. The standard InChI is InChI=1S/C17H28N4O/c1-17(2,21-11-5-4-6-12-21)13-19-16(18)20-14-7-9-15(22-3)10-8-14/h7-10H,4-6,11-13H2,1-3H3,(H3,18,19,20). The van der Waals surface area contributed by atoms with Gasteiger partial charge in [-0.25, -0.2) is 0 Å². The smallest absolute Gasteiger partial charge is 0.193 e. The van der Waals surface area contributed by atoms with E-state index in [-0.39, 0.29) is 5.54 Å². The van der Waals surface area contributed by atoms with Gasteiger partial charge in [0.1, 0.15) is 5.75 Å². The summed E-state index contributed by atoms with van der Waals surface area (Å²) in [6.07, 6.45) is 3.91. The average Bonchev–Trinajstić information content (AvgIpc) is 2.55. The van der Waals surface area contributed by atoms with Crippen molar-refractivity contribution in [2.45, 2.75) is 38.6 Å². The first kappa shape index (κ1) is 16.6. The van der Waals surface area contributed by atoms with Gasteiger partial charge in [0.2, 0.25) is 0 Å². The summed E-state index contributed by atoms with van der Waals surface area (Å²) >= 11 is 0. The second-order valence-corrected chi connectivity index (χ2v) is 6.42. The molecule has 1 heterocycles. The van der Waals surface area contributed by atoms with Gasteiger partial charge in [-0.1, -0.05) is 6.42 Å². The van der Waals surface area contributed by atoms with E-state index in [0.29, 0.717) is 12.5 Å². The van der Waals surface area contributed by atoms with Crippen molar-refractivity contribution in [1.82, 2.24) is 4.90 Å². The molecular weight excluding hydrogens is 276 g/mol. The van der Waals surface area contributed by atoms with E-state index in [2.05, 4.69) is 29.1 Å². The lowest BCUT2D eigenvalue weighted by Crippen LogP contribution is -2.49. The monoisotopic (exact) mass is 304 g/mol. The minimum Gasteiger partial charge on any atom is -0.497 e. The molecular formula is C17H28N4O. The quantitative estimate of drug-likeness (QED) is 0.648. The minimum absolute atomic E-state index is 0.0482. The highest BCUT2D eigenvalue weighted by atomic mass is 16.5. The number of nitrogens with zero attached hydrogens (tertiary/aromatic N) is 2. The first-order chi connectivity index (χ1) is 10.5. The third kappa shape index (κ3) is 4.63. The van der Waals surface area contributed by atoms with Crippen LogP contribution in [0.25, 0.3) is 0 Å². The zero-order valence-electron chi connectivity index (χ0n) is 13.9. The molecule has 122 valence electrons. The summed E-state index contributed by atoms with van der Waals surface area (Å²) in [5.41, 5.74) is 6.97. The molecule has 0 spiro atoms. The summed E-state index contributed by atoms with van der Waals surface area (Å²) in [4.78, 5) is 7.03. The van der Waals surface area contributed by atoms with Gasteiger partial charge in [-0.3, -0.25) is 9.89 Å². The molecule has 5 heteroatoms. The highest BCUT2D eigenvalue weighted by molar-refractivity contribution is 5.92. The molecule has 1 aromatic rings. The van der Waals surface area contributed by atoms with Gasteiger partial charge in [-0.05, 0) is 64.0 Å². The van der Waals surface area contributed by atoms with Crippen molar-refractivity contribution < 1.29 is 4.74 Å². The van der Waals surface area contributed by atoms with E-state index in [4.69, 9.17) is 10.5 Å². The van der Waals surface area contributed by atoms with Gasteiger partial charge >= 0.3 is 0 Å². The first-order valence-corrected chi connectivity index (χ1v) is 7.97. The number of benzene rings is 1. The molecule has 0 bridgehead atoms. The molecule has 5 nitrogen and oxygen atoms in total. The summed E-state index contributed by atoms with van der Waals surface area (Å²) in [7, 11) is 1.65. The molecule has 0 atom stereocenters. The second-order valence-electron chi connectivity index (χ2n) is 6.42. The highest BCUT2D eigenvalue weighted by Gasteiger charge is 2.27. The van der Waals surface area contributed by atoms with E-state index >= 15 is 0 Å². The van der Waals surface area contributed by atoms with Crippen LogP contribution in [0.3, 0.4) is 0 Å². The fourth-order valence-corrected chi connectivity index (χ4v) is 2.74. The number of methoxy groups -OCH3 is 1. The summed E-state index contributed by atoms with van der Waals surface area (Å²) < 4.78 is 5.14. The topological polar surface area (TPSA) is 62.9 Å². The van der Waals surface area contributed by atoms with E-state index in [1.54, 1.807) is 7.11 Å². The molecule has 22 heavy (non-hydrogen) atoms. The van der Waals surface area contributed by atoms with Crippen LogP contribution >= 0.6 is 0 Å². The third-order valence-corrected chi connectivity index (χ3v) is 4.21. The van der Waals surface area contributed by atoms with Gasteiger partial charge in [0.15, 0.2) is 5.96 Å². The van der Waals surface area contributed by atoms with E-state index in [1.165, 1.54) is 19.3 Å². The Morgan fingerprint density at radius 2 is 1.86 bits per heavy atom. The lowest BCUT2D eigenvalue weighted by atomic mass is 9.99. The number of guanidine groups is 1. The molecule has 0 amide bonds. The van der Waals surface area contributed by atoms with Crippen LogP contribution in [0.5, 0.6) is 5.75 Å². The lowest BCUT2D eigenvalue weighted by molar-refractivity contribution is 0.102. The van der Waals surface area contributed by atoms with E-state index in [1.807, 2.05) is 24.3 Å². The van der Waals surface area contributed by atoms with E-state index in [0.717, 1.165) is 24.5 Å². The molecule has 1 fully saturated rings. The molecule has 1 aromatic carbocycles. The van der Waals surface area contributed by atoms with Crippen molar-refractivity contribution >= 4 is 11.6 Å². The average molecular weight is 304 g/mol. The number of ether oxygens (including phenoxy) is 1. The molecule has 0 aliphatic carbocycles. The maximum absolute atomic E-state index is 6.00. The normalized spacial score (nSPS) is 17.3. The van der Waals surface area contributed by atoms with Gasteiger partial charge < -0.3 is 15.8 Å². The molecule has 0 saturated carbocycles. The van der Waals surface area contributed by atoms with Gasteiger partial charge in [-0.2, -0.15) is 0 Å². The Kier molecular flexibility index (Phi) is 5.66. The fourth-order valence-electron chi connectivity index (χ4n) is 2.74. The minimum atomic E-state index is 0.0482. The van der Waals surface area contributed by atoms with Crippen molar-refractivity contribution in [1.29, 1.82) is 0 Å². The Morgan fingerprint density at radius 3 is 2.45 bits per heavy atom. The molecule has 1 aliphatic rings. The molecule has 1 saturated heterocycles. The van der Waals surface area contributed by atoms with Gasteiger partial charge in [0.05, 0.1) is 13.7 Å². The summed E-state index contributed by atoms with van der Waals surface area (Å²) in [6.45, 7) is 7.50.